The second kappa shape index (κ2) is 9.04. The van der Waals surface area contributed by atoms with Crippen molar-refractivity contribution in [2.45, 2.75) is 65.6 Å². The van der Waals surface area contributed by atoms with Gasteiger partial charge in [0.05, 0.1) is 5.69 Å². The Kier molecular flexibility index (Phi) is 6.49. The molecule has 28 heavy (non-hydrogen) atoms. The van der Waals surface area contributed by atoms with Crippen LogP contribution in [-0.4, -0.2) is 38.9 Å². The van der Waals surface area contributed by atoms with Crippen LogP contribution in [0.3, 0.4) is 0 Å². The number of nitrogens with one attached hydrogen (secondary N) is 1. The second-order valence-corrected chi connectivity index (χ2v) is 7.43. The molecule has 1 aromatic carbocycles. The third-order valence-electron chi connectivity index (χ3n) is 5.40. The molecule has 0 saturated heterocycles. The number of aromatic nitrogens is 2. The van der Waals surface area contributed by atoms with E-state index in [9.17, 15) is 9.59 Å². The fourth-order valence-electron chi connectivity index (χ4n) is 3.56. The minimum Gasteiger partial charge on any atom is -0.347 e. The molecule has 1 aliphatic rings. The second-order valence-electron chi connectivity index (χ2n) is 7.43. The van der Waals surface area contributed by atoms with E-state index >= 15 is 0 Å². The fraction of sp³-hybridized carbons (Fsp3) is 0.500. The van der Waals surface area contributed by atoms with Gasteiger partial charge in [-0.25, -0.2) is 4.98 Å². The van der Waals surface area contributed by atoms with E-state index in [4.69, 9.17) is 0 Å². The Morgan fingerprint density at radius 2 is 1.96 bits per heavy atom. The van der Waals surface area contributed by atoms with Crippen molar-refractivity contribution >= 4 is 11.8 Å². The van der Waals surface area contributed by atoms with Gasteiger partial charge in [0.25, 0.3) is 11.8 Å². The van der Waals surface area contributed by atoms with Gasteiger partial charge in [0.15, 0.2) is 5.82 Å². The van der Waals surface area contributed by atoms with Gasteiger partial charge in [-0.2, -0.15) is 0 Å². The quantitative estimate of drug-likeness (QED) is 0.798. The van der Waals surface area contributed by atoms with E-state index in [1.807, 2.05) is 55.7 Å². The minimum absolute atomic E-state index is 0.0772. The van der Waals surface area contributed by atoms with Crippen molar-refractivity contribution in [2.24, 2.45) is 0 Å². The summed E-state index contributed by atoms with van der Waals surface area (Å²) in [6.07, 6.45) is 3.66. The van der Waals surface area contributed by atoms with Gasteiger partial charge < -0.3 is 14.8 Å². The van der Waals surface area contributed by atoms with E-state index in [0.29, 0.717) is 24.6 Å². The first-order valence-corrected chi connectivity index (χ1v) is 10.3. The molecule has 0 spiro atoms. The number of hydrogen-bond donors (Lipinski definition) is 1. The van der Waals surface area contributed by atoms with Crippen LogP contribution in [0.25, 0.3) is 0 Å². The van der Waals surface area contributed by atoms with Gasteiger partial charge >= 0.3 is 0 Å². The molecule has 0 bridgehead atoms. The van der Waals surface area contributed by atoms with Crippen LogP contribution < -0.4 is 5.32 Å². The molecule has 2 aromatic rings. The Labute approximate surface area is 166 Å². The first-order valence-electron chi connectivity index (χ1n) is 10.3. The SMILES string of the molecule is CCC(C)NC(=O)c1nc(C(=O)N(CC)Cc2ccccc2)c2n1CCCC2. The highest BCUT2D eigenvalue weighted by atomic mass is 16.2. The van der Waals surface area contributed by atoms with Crippen LogP contribution in [0.2, 0.25) is 0 Å². The molecule has 1 aromatic heterocycles. The van der Waals surface area contributed by atoms with Gasteiger partial charge in [-0.05, 0) is 45.1 Å². The molecule has 1 aliphatic heterocycles. The maximum Gasteiger partial charge on any atom is 0.287 e. The molecule has 0 radical (unpaired) electrons. The Balaban J connectivity index is 1.89. The molecule has 1 atom stereocenters. The molecule has 150 valence electrons. The number of rotatable bonds is 7. The normalized spacial score (nSPS) is 14.2. The summed E-state index contributed by atoms with van der Waals surface area (Å²) in [7, 11) is 0. The first-order chi connectivity index (χ1) is 13.5. The molecule has 0 saturated carbocycles. The third kappa shape index (κ3) is 4.26. The van der Waals surface area contributed by atoms with Crippen LogP contribution >= 0.6 is 0 Å². The standard InChI is InChI=1S/C22H30N4O2/c1-4-16(3)23-21(27)20-24-19(18-13-9-10-14-26(18)20)22(28)25(5-2)15-17-11-7-6-8-12-17/h6-8,11-12,16H,4-5,9-10,13-15H2,1-3H3,(H,23,27). The lowest BCUT2D eigenvalue weighted by Crippen LogP contribution is -2.34. The molecule has 1 unspecified atom stereocenters. The van der Waals surface area contributed by atoms with Gasteiger partial charge in [0.2, 0.25) is 0 Å². The average Bonchev–Trinajstić information content (AvgIpc) is 3.12. The summed E-state index contributed by atoms with van der Waals surface area (Å²) in [6.45, 7) is 7.85. The fourth-order valence-corrected chi connectivity index (χ4v) is 3.56. The maximum absolute atomic E-state index is 13.3. The summed E-state index contributed by atoms with van der Waals surface area (Å²) in [4.78, 5) is 32.4. The Hall–Kier alpha value is -2.63. The minimum atomic E-state index is -0.192. The van der Waals surface area contributed by atoms with Gasteiger partial charge in [-0.1, -0.05) is 37.3 Å². The highest BCUT2D eigenvalue weighted by Gasteiger charge is 2.29. The highest BCUT2D eigenvalue weighted by Crippen LogP contribution is 2.23. The van der Waals surface area contributed by atoms with Gasteiger partial charge in [-0.15, -0.1) is 0 Å². The number of hydrogen-bond acceptors (Lipinski definition) is 3. The van der Waals surface area contributed by atoms with Crippen molar-refractivity contribution in [2.75, 3.05) is 6.54 Å². The number of fused-ring (bicyclic) bond motifs is 1. The first kappa shape index (κ1) is 20.1. The topological polar surface area (TPSA) is 67.2 Å². The number of nitrogens with zero attached hydrogens (tertiary/aromatic N) is 3. The van der Waals surface area contributed by atoms with Gasteiger partial charge in [0, 0.05) is 25.7 Å². The van der Waals surface area contributed by atoms with Crippen molar-refractivity contribution in [3.8, 4) is 0 Å². The van der Waals surface area contributed by atoms with E-state index in [0.717, 1.165) is 43.5 Å². The van der Waals surface area contributed by atoms with Crippen molar-refractivity contribution in [3.05, 3.63) is 53.1 Å². The van der Waals surface area contributed by atoms with E-state index in [2.05, 4.69) is 10.3 Å². The van der Waals surface area contributed by atoms with Crippen molar-refractivity contribution in [1.82, 2.24) is 19.8 Å². The molecule has 0 aliphatic carbocycles. The predicted octanol–water partition coefficient (Wildman–Crippen LogP) is 3.41. The number of carbonyl (C=O) groups excluding carboxylic acids is 2. The highest BCUT2D eigenvalue weighted by molar-refractivity contribution is 5.97. The molecule has 6 nitrogen and oxygen atoms in total. The summed E-state index contributed by atoms with van der Waals surface area (Å²) in [5.74, 6) is 0.0800. The van der Waals surface area contributed by atoms with Crippen molar-refractivity contribution in [1.29, 1.82) is 0 Å². The van der Waals surface area contributed by atoms with Gasteiger partial charge in [-0.3, -0.25) is 9.59 Å². The van der Waals surface area contributed by atoms with Crippen LogP contribution in [0.4, 0.5) is 0 Å². The summed E-state index contributed by atoms with van der Waals surface area (Å²) < 4.78 is 1.95. The van der Waals surface area contributed by atoms with E-state index in [1.165, 1.54) is 0 Å². The molecule has 2 amide bonds. The average molecular weight is 383 g/mol. The van der Waals surface area contributed by atoms with E-state index in [-0.39, 0.29) is 17.9 Å². The number of carbonyl (C=O) groups is 2. The molecule has 6 heteroatoms. The third-order valence-corrected chi connectivity index (χ3v) is 5.40. The van der Waals surface area contributed by atoms with E-state index < -0.39 is 0 Å². The summed E-state index contributed by atoms with van der Waals surface area (Å²) >= 11 is 0. The number of imidazole rings is 1. The number of amides is 2. The lowest BCUT2D eigenvalue weighted by molar-refractivity contribution is 0.0745. The van der Waals surface area contributed by atoms with Crippen molar-refractivity contribution < 1.29 is 9.59 Å². The Bertz CT molecular complexity index is 829. The van der Waals surface area contributed by atoms with Crippen LogP contribution in [0.5, 0.6) is 0 Å². The van der Waals surface area contributed by atoms with Crippen LogP contribution in [0, 0.1) is 0 Å². The van der Waals surface area contributed by atoms with Crippen molar-refractivity contribution in [3.63, 3.8) is 0 Å². The van der Waals surface area contributed by atoms with Gasteiger partial charge in [0.1, 0.15) is 5.69 Å². The zero-order valence-electron chi connectivity index (χ0n) is 17.1. The molecular weight excluding hydrogens is 352 g/mol. The molecule has 2 heterocycles. The smallest absolute Gasteiger partial charge is 0.287 e. The van der Waals surface area contributed by atoms with Crippen LogP contribution in [0.15, 0.2) is 30.3 Å². The Morgan fingerprint density at radius 1 is 1.21 bits per heavy atom. The van der Waals surface area contributed by atoms with Crippen LogP contribution in [0.1, 0.15) is 72.4 Å². The summed E-state index contributed by atoms with van der Waals surface area (Å²) in [5, 5.41) is 2.98. The Morgan fingerprint density at radius 3 is 2.64 bits per heavy atom. The molecule has 0 fully saturated rings. The number of benzene rings is 1. The molecule has 3 rings (SSSR count). The lowest BCUT2D eigenvalue weighted by Gasteiger charge is -2.22. The molecule has 1 N–H and O–H groups in total. The monoisotopic (exact) mass is 382 g/mol. The largest absolute Gasteiger partial charge is 0.347 e. The van der Waals surface area contributed by atoms with Crippen LogP contribution in [-0.2, 0) is 19.5 Å². The predicted molar refractivity (Wildman–Crippen MR) is 109 cm³/mol. The zero-order valence-corrected chi connectivity index (χ0v) is 17.1. The van der Waals surface area contributed by atoms with E-state index in [1.54, 1.807) is 4.90 Å². The summed E-state index contributed by atoms with van der Waals surface area (Å²) in [6, 6.07) is 10.0. The maximum atomic E-state index is 13.3. The summed E-state index contributed by atoms with van der Waals surface area (Å²) in [5.41, 5.74) is 2.42. The lowest BCUT2D eigenvalue weighted by atomic mass is 10.1. The zero-order chi connectivity index (χ0) is 20.1. The molecular formula is C22H30N4O2.